The van der Waals surface area contributed by atoms with Gasteiger partial charge in [-0.3, -0.25) is 9.59 Å². The van der Waals surface area contributed by atoms with Gasteiger partial charge < -0.3 is 29.7 Å². The van der Waals surface area contributed by atoms with Crippen LogP contribution < -0.4 is 15.5 Å². The number of methoxy groups -OCH3 is 1. The normalized spacial score (nSPS) is 16.5. The summed E-state index contributed by atoms with van der Waals surface area (Å²) in [5.41, 5.74) is -1.03. The van der Waals surface area contributed by atoms with E-state index in [4.69, 9.17) is 25.8 Å². The third-order valence-electron chi connectivity index (χ3n) is 5.78. The number of sulfone groups is 1. The van der Waals surface area contributed by atoms with Crippen LogP contribution in [-0.4, -0.2) is 77.2 Å². The predicted octanol–water partition coefficient (Wildman–Crippen LogP) is 3.09. The Morgan fingerprint density at radius 3 is 2.44 bits per heavy atom. The molecule has 14 heteroatoms. The fourth-order valence-corrected chi connectivity index (χ4v) is 5.67. The van der Waals surface area contributed by atoms with E-state index in [1.807, 2.05) is 0 Å². The summed E-state index contributed by atoms with van der Waals surface area (Å²) in [5, 5.41) is 5.29. The molecule has 1 aliphatic heterocycles. The minimum absolute atomic E-state index is 0.0483. The van der Waals surface area contributed by atoms with Gasteiger partial charge in [0.05, 0.1) is 48.3 Å². The third kappa shape index (κ3) is 8.86. The molecule has 0 saturated carbocycles. The highest BCUT2D eigenvalue weighted by molar-refractivity contribution is 7.91. The Morgan fingerprint density at radius 2 is 1.80 bits per heavy atom. The van der Waals surface area contributed by atoms with E-state index in [-0.39, 0.29) is 25.4 Å². The number of benzene rings is 2. The highest BCUT2D eigenvalue weighted by Crippen LogP contribution is 2.34. The molecule has 0 unspecified atom stereocenters. The van der Waals surface area contributed by atoms with Gasteiger partial charge in [-0.05, 0) is 50.6 Å². The van der Waals surface area contributed by atoms with E-state index in [9.17, 15) is 22.8 Å². The standard InChI is InChI=1S/C27H33ClFN3O8S/c1-27(2,3)40-26(35)31-21-16-41(36,37)23-14-20(29)19(24(33)30-9-10-39-12-11-38-4)13-22(23)32(25(21)34)15-17-5-7-18(28)8-6-17/h5-8,13-14,21H,9-12,15-16H2,1-4H3,(H,30,33)(H,31,35)/t21-/m0/s1. The van der Waals surface area contributed by atoms with Crippen molar-refractivity contribution in [2.24, 2.45) is 0 Å². The molecule has 1 heterocycles. The van der Waals surface area contributed by atoms with Gasteiger partial charge in [-0.25, -0.2) is 17.6 Å². The monoisotopic (exact) mass is 613 g/mol. The highest BCUT2D eigenvalue weighted by atomic mass is 35.5. The fraction of sp³-hybridized carbons (Fsp3) is 0.444. The largest absolute Gasteiger partial charge is 0.444 e. The summed E-state index contributed by atoms with van der Waals surface area (Å²) in [4.78, 5) is 39.7. The van der Waals surface area contributed by atoms with Crippen molar-refractivity contribution in [2.45, 2.75) is 43.9 Å². The molecule has 0 spiro atoms. The van der Waals surface area contributed by atoms with Gasteiger partial charge in [0.25, 0.3) is 11.8 Å². The maximum absolute atomic E-state index is 15.2. The molecule has 1 atom stereocenters. The van der Waals surface area contributed by atoms with Gasteiger partial charge in [-0.2, -0.15) is 0 Å². The van der Waals surface area contributed by atoms with E-state index in [0.29, 0.717) is 29.9 Å². The molecule has 0 bridgehead atoms. The minimum Gasteiger partial charge on any atom is -0.444 e. The van der Waals surface area contributed by atoms with Gasteiger partial charge in [0.2, 0.25) is 0 Å². The number of amides is 3. The lowest BCUT2D eigenvalue weighted by atomic mass is 10.1. The molecule has 11 nitrogen and oxygen atoms in total. The molecule has 41 heavy (non-hydrogen) atoms. The number of carbonyl (C=O) groups is 3. The Kier molecular flexibility index (Phi) is 10.7. The van der Waals surface area contributed by atoms with Crippen LogP contribution in [-0.2, 0) is 35.4 Å². The van der Waals surface area contributed by atoms with E-state index in [1.165, 1.54) is 7.11 Å². The number of hydrogen-bond donors (Lipinski definition) is 2. The fourth-order valence-electron chi connectivity index (χ4n) is 3.93. The van der Waals surface area contributed by atoms with Crippen molar-refractivity contribution in [2.75, 3.05) is 44.1 Å². The number of fused-ring (bicyclic) bond motifs is 1. The summed E-state index contributed by atoms with van der Waals surface area (Å²) >= 11 is 5.99. The summed E-state index contributed by atoms with van der Waals surface area (Å²) in [5.74, 6) is -3.57. The van der Waals surface area contributed by atoms with E-state index >= 15 is 4.39 Å². The van der Waals surface area contributed by atoms with Crippen LogP contribution >= 0.6 is 11.6 Å². The lowest BCUT2D eigenvalue weighted by Gasteiger charge is -2.27. The topological polar surface area (TPSA) is 140 Å². The first-order chi connectivity index (χ1) is 19.2. The second-order valence-electron chi connectivity index (χ2n) is 10.2. The Labute approximate surface area is 243 Å². The molecule has 0 radical (unpaired) electrons. The Balaban J connectivity index is 2.00. The first kappa shape index (κ1) is 32.3. The van der Waals surface area contributed by atoms with Crippen LogP contribution in [0.1, 0.15) is 36.7 Å². The quantitative estimate of drug-likeness (QED) is 0.390. The number of anilines is 1. The van der Waals surface area contributed by atoms with Gasteiger partial charge in [0.1, 0.15) is 17.5 Å². The van der Waals surface area contributed by atoms with E-state index in [2.05, 4.69) is 10.6 Å². The Morgan fingerprint density at radius 1 is 1.12 bits per heavy atom. The lowest BCUT2D eigenvalue weighted by molar-refractivity contribution is -0.120. The maximum Gasteiger partial charge on any atom is 0.408 e. The van der Waals surface area contributed by atoms with Crippen LogP contribution in [0.3, 0.4) is 0 Å². The molecule has 2 aromatic rings. The first-order valence-electron chi connectivity index (χ1n) is 12.7. The molecular weight excluding hydrogens is 581 g/mol. The van der Waals surface area contributed by atoms with Crippen LogP contribution in [0.15, 0.2) is 41.3 Å². The molecule has 0 aromatic heterocycles. The third-order valence-corrected chi connectivity index (χ3v) is 7.80. The number of alkyl carbamates (subject to hydrolysis) is 1. The van der Waals surface area contributed by atoms with Crippen molar-refractivity contribution in [1.82, 2.24) is 10.6 Å². The first-order valence-corrected chi connectivity index (χ1v) is 14.7. The van der Waals surface area contributed by atoms with E-state index < -0.39 is 61.4 Å². The Hall–Kier alpha value is -3.26. The summed E-state index contributed by atoms with van der Waals surface area (Å²) in [6.07, 6.45) is -0.998. The zero-order chi connectivity index (χ0) is 30.4. The van der Waals surface area contributed by atoms with Crippen LogP contribution in [0.2, 0.25) is 5.02 Å². The Bertz CT molecular complexity index is 1380. The second kappa shape index (κ2) is 13.6. The average molecular weight is 614 g/mol. The van der Waals surface area contributed by atoms with Crippen molar-refractivity contribution in [3.63, 3.8) is 0 Å². The molecule has 0 fully saturated rings. The highest BCUT2D eigenvalue weighted by Gasteiger charge is 2.40. The van der Waals surface area contributed by atoms with Gasteiger partial charge in [-0.15, -0.1) is 0 Å². The number of halogens is 2. The van der Waals surface area contributed by atoms with Crippen molar-refractivity contribution in [1.29, 1.82) is 0 Å². The summed E-state index contributed by atoms with van der Waals surface area (Å²) in [7, 11) is -2.82. The summed E-state index contributed by atoms with van der Waals surface area (Å²) in [6.45, 7) is 5.53. The second-order valence-corrected chi connectivity index (χ2v) is 12.6. The molecule has 3 rings (SSSR count). The number of carbonyl (C=O) groups excluding carboxylic acids is 3. The molecular formula is C27H33ClFN3O8S. The van der Waals surface area contributed by atoms with Gasteiger partial charge in [0.15, 0.2) is 9.84 Å². The number of nitrogens with one attached hydrogen (secondary N) is 2. The van der Waals surface area contributed by atoms with E-state index in [0.717, 1.165) is 11.0 Å². The van der Waals surface area contributed by atoms with Crippen molar-refractivity contribution in [3.8, 4) is 0 Å². The summed E-state index contributed by atoms with van der Waals surface area (Å²) in [6, 6.07) is 6.62. The van der Waals surface area contributed by atoms with Crippen LogP contribution in [0.5, 0.6) is 0 Å². The zero-order valence-electron chi connectivity index (χ0n) is 23.2. The van der Waals surface area contributed by atoms with Crippen molar-refractivity contribution < 1.29 is 41.4 Å². The predicted molar refractivity (Wildman–Crippen MR) is 149 cm³/mol. The number of nitrogens with zero attached hydrogens (tertiary/aromatic N) is 1. The number of rotatable bonds is 10. The SMILES string of the molecule is COCCOCCNC(=O)c1cc2c(cc1F)S(=O)(=O)C[C@H](NC(=O)OC(C)(C)C)C(=O)N2Cc1ccc(Cl)cc1. The van der Waals surface area contributed by atoms with Crippen LogP contribution in [0.25, 0.3) is 0 Å². The minimum atomic E-state index is -4.33. The maximum atomic E-state index is 15.2. The summed E-state index contributed by atoms with van der Waals surface area (Å²) < 4.78 is 57.4. The van der Waals surface area contributed by atoms with Crippen molar-refractivity contribution >= 4 is 45.0 Å². The van der Waals surface area contributed by atoms with Gasteiger partial charge >= 0.3 is 6.09 Å². The van der Waals surface area contributed by atoms with Gasteiger partial charge in [-0.1, -0.05) is 23.7 Å². The molecule has 3 amide bonds. The van der Waals surface area contributed by atoms with Crippen LogP contribution in [0.4, 0.5) is 14.9 Å². The molecule has 2 N–H and O–H groups in total. The molecule has 0 aliphatic carbocycles. The van der Waals surface area contributed by atoms with Gasteiger partial charge in [0, 0.05) is 18.7 Å². The van der Waals surface area contributed by atoms with Crippen LogP contribution in [0, 0.1) is 5.82 Å². The number of ether oxygens (including phenoxy) is 3. The number of hydrogen-bond acceptors (Lipinski definition) is 8. The average Bonchev–Trinajstić information content (AvgIpc) is 2.94. The molecule has 1 aliphatic rings. The smallest absolute Gasteiger partial charge is 0.408 e. The lowest BCUT2D eigenvalue weighted by Crippen LogP contribution is -2.51. The van der Waals surface area contributed by atoms with E-state index in [1.54, 1.807) is 45.0 Å². The van der Waals surface area contributed by atoms with Crippen molar-refractivity contribution in [3.05, 3.63) is 58.4 Å². The molecule has 2 aromatic carbocycles. The molecule has 224 valence electrons. The molecule has 0 saturated heterocycles. The zero-order valence-corrected chi connectivity index (χ0v) is 24.7.